The van der Waals surface area contributed by atoms with Gasteiger partial charge in [-0.25, -0.2) is 0 Å². The summed E-state index contributed by atoms with van der Waals surface area (Å²) in [5.41, 5.74) is -0.372. The average Bonchev–Trinajstić information content (AvgIpc) is 3.02. The zero-order valence-electron chi connectivity index (χ0n) is 12.4. The molecule has 0 aliphatic heterocycles. The molecule has 0 saturated carbocycles. The standard InChI is InChI=1S/C16H10Cl2F3N3O/c17-10-3-1-2-9(6-10)15-24-23-14(25-15)8-22-13-5-4-11(18)7-12(13)16(19,20)21/h1-7,22H,8H2. The molecule has 4 nitrogen and oxygen atoms in total. The second-order valence-corrected chi connectivity index (χ2v) is 5.93. The van der Waals surface area contributed by atoms with Crippen molar-refractivity contribution in [2.75, 3.05) is 5.32 Å². The summed E-state index contributed by atoms with van der Waals surface area (Å²) < 4.78 is 44.6. The Morgan fingerprint density at radius 1 is 1.00 bits per heavy atom. The Morgan fingerprint density at radius 3 is 2.48 bits per heavy atom. The van der Waals surface area contributed by atoms with Crippen LogP contribution in [0.15, 0.2) is 46.9 Å². The normalized spacial score (nSPS) is 11.6. The van der Waals surface area contributed by atoms with Gasteiger partial charge in [0, 0.05) is 21.3 Å². The van der Waals surface area contributed by atoms with E-state index in [1.807, 2.05) is 0 Å². The van der Waals surface area contributed by atoms with Crippen molar-refractivity contribution in [1.29, 1.82) is 0 Å². The lowest BCUT2D eigenvalue weighted by atomic mass is 10.1. The molecule has 0 radical (unpaired) electrons. The van der Waals surface area contributed by atoms with Crippen LogP contribution >= 0.6 is 23.2 Å². The highest BCUT2D eigenvalue weighted by Crippen LogP contribution is 2.36. The van der Waals surface area contributed by atoms with E-state index in [-0.39, 0.29) is 29.0 Å². The van der Waals surface area contributed by atoms with Gasteiger partial charge in [0.1, 0.15) is 0 Å². The molecule has 0 unspecified atom stereocenters. The molecule has 0 atom stereocenters. The molecular formula is C16H10Cl2F3N3O. The highest BCUT2D eigenvalue weighted by molar-refractivity contribution is 6.31. The number of nitrogens with one attached hydrogen (secondary N) is 1. The minimum absolute atomic E-state index is 0.00101. The molecule has 9 heteroatoms. The largest absolute Gasteiger partial charge is 0.419 e. The van der Waals surface area contributed by atoms with Gasteiger partial charge in [0.15, 0.2) is 0 Å². The molecular weight excluding hydrogens is 378 g/mol. The van der Waals surface area contributed by atoms with Crippen LogP contribution in [0.2, 0.25) is 10.0 Å². The van der Waals surface area contributed by atoms with Crippen LogP contribution in [0.4, 0.5) is 18.9 Å². The Balaban J connectivity index is 1.77. The minimum atomic E-state index is -4.53. The smallest absolute Gasteiger partial charge is 0.418 e. The SMILES string of the molecule is FC(F)(F)c1cc(Cl)ccc1NCc1nnc(-c2cccc(Cl)c2)o1. The van der Waals surface area contributed by atoms with Gasteiger partial charge >= 0.3 is 6.18 Å². The van der Waals surface area contributed by atoms with Gasteiger partial charge in [0.2, 0.25) is 11.8 Å². The zero-order chi connectivity index (χ0) is 18.0. The fourth-order valence-electron chi connectivity index (χ4n) is 2.14. The summed E-state index contributed by atoms with van der Waals surface area (Å²) in [6.07, 6.45) is -4.53. The predicted octanol–water partition coefficient (Wildman–Crippen LogP) is 5.67. The number of aromatic nitrogens is 2. The van der Waals surface area contributed by atoms with Gasteiger partial charge in [0.05, 0.1) is 12.1 Å². The van der Waals surface area contributed by atoms with Gasteiger partial charge in [-0.05, 0) is 36.4 Å². The van der Waals surface area contributed by atoms with Gasteiger partial charge in [0.25, 0.3) is 0 Å². The van der Waals surface area contributed by atoms with E-state index in [1.165, 1.54) is 12.1 Å². The van der Waals surface area contributed by atoms with Crippen molar-refractivity contribution < 1.29 is 17.6 Å². The quantitative estimate of drug-likeness (QED) is 0.625. The molecule has 130 valence electrons. The van der Waals surface area contributed by atoms with E-state index < -0.39 is 11.7 Å². The van der Waals surface area contributed by atoms with Crippen LogP contribution in [0.5, 0.6) is 0 Å². The van der Waals surface area contributed by atoms with Crippen LogP contribution in [-0.2, 0) is 12.7 Å². The molecule has 0 spiro atoms. The molecule has 1 N–H and O–H groups in total. The van der Waals surface area contributed by atoms with Crippen LogP contribution in [0.25, 0.3) is 11.5 Å². The van der Waals surface area contributed by atoms with Gasteiger partial charge in [-0.15, -0.1) is 10.2 Å². The van der Waals surface area contributed by atoms with E-state index in [1.54, 1.807) is 24.3 Å². The fraction of sp³-hybridized carbons (Fsp3) is 0.125. The molecule has 0 fully saturated rings. The van der Waals surface area contributed by atoms with E-state index in [9.17, 15) is 13.2 Å². The number of nitrogens with zero attached hydrogens (tertiary/aromatic N) is 2. The summed E-state index contributed by atoms with van der Waals surface area (Å²) in [7, 11) is 0. The molecule has 0 bridgehead atoms. The first-order valence-corrected chi connectivity index (χ1v) is 7.77. The lowest BCUT2D eigenvalue weighted by Crippen LogP contribution is -2.11. The molecule has 2 aromatic carbocycles. The number of benzene rings is 2. The van der Waals surface area contributed by atoms with E-state index in [0.717, 1.165) is 6.07 Å². The number of halogens is 5. The lowest BCUT2D eigenvalue weighted by molar-refractivity contribution is -0.137. The molecule has 1 heterocycles. The Hall–Kier alpha value is -2.25. The van der Waals surface area contributed by atoms with Crippen LogP contribution in [0.3, 0.4) is 0 Å². The third kappa shape index (κ3) is 4.24. The number of anilines is 1. The monoisotopic (exact) mass is 387 g/mol. The third-order valence-electron chi connectivity index (χ3n) is 3.26. The number of rotatable bonds is 4. The Bertz CT molecular complexity index is 896. The molecule has 0 aliphatic carbocycles. The Morgan fingerprint density at radius 2 is 1.76 bits per heavy atom. The van der Waals surface area contributed by atoms with E-state index in [0.29, 0.717) is 10.6 Å². The molecule has 0 saturated heterocycles. The number of hydrogen-bond donors (Lipinski definition) is 1. The Kier molecular flexibility index (Phi) is 4.87. The maximum absolute atomic E-state index is 13.1. The Labute approximate surface area is 150 Å². The maximum atomic E-state index is 13.1. The van der Waals surface area contributed by atoms with Crippen molar-refractivity contribution in [3.8, 4) is 11.5 Å². The minimum Gasteiger partial charge on any atom is -0.419 e. The summed E-state index contributed by atoms with van der Waals surface area (Å²) in [5, 5.41) is 10.8. The molecule has 0 aliphatic rings. The van der Waals surface area contributed by atoms with Crippen molar-refractivity contribution in [3.05, 3.63) is 64.0 Å². The summed E-state index contributed by atoms with van der Waals surface area (Å²) in [6, 6.07) is 10.3. The molecule has 25 heavy (non-hydrogen) atoms. The van der Waals surface area contributed by atoms with Gasteiger partial charge in [-0.1, -0.05) is 29.3 Å². The molecule has 0 amide bonds. The van der Waals surface area contributed by atoms with Crippen LogP contribution in [0, 0.1) is 0 Å². The van der Waals surface area contributed by atoms with Crippen LogP contribution < -0.4 is 5.32 Å². The van der Waals surface area contributed by atoms with E-state index in [4.69, 9.17) is 27.6 Å². The predicted molar refractivity (Wildman–Crippen MR) is 88.5 cm³/mol. The number of hydrogen-bond acceptors (Lipinski definition) is 4. The van der Waals surface area contributed by atoms with Crippen molar-refractivity contribution in [1.82, 2.24) is 10.2 Å². The van der Waals surface area contributed by atoms with Crippen molar-refractivity contribution in [2.24, 2.45) is 0 Å². The third-order valence-corrected chi connectivity index (χ3v) is 3.73. The van der Waals surface area contributed by atoms with E-state index in [2.05, 4.69) is 15.5 Å². The summed E-state index contributed by atoms with van der Waals surface area (Å²) >= 11 is 11.5. The molecule has 3 aromatic rings. The second-order valence-electron chi connectivity index (χ2n) is 5.05. The first-order chi connectivity index (χ1) is 11.8. The number of alkyl halides is 3. The molecule has 1 aromatic heterocycles. The highest BCUT2D eigenvalue weighted by atomic mass is 35.5. The van der Waals surface area contributed by atoms with E-state index >= 15 is 0 Å². The van der Waals surface area contributed by atoms with Crippen molar-refractivity contribution in [3.63, 3.8) is 0 Å². The van der Waals surface area contributed by atoms with Crippen molar-refractivity contribution in [2.45, 2.75) is 12.7 Å². The first kappa shape index (κ1) is 17.6. The summed E-state index contributed by atoms with van der Waals surface area (Å²) in [6.45, 7) is -0.0712. The lowest BCUT2D eigenvalue weighted by Gasteiger charge is -2.13. The topological polar surface area (TPSA) is 51.0 Å². The summed E-state index contributed by atoms with van der Waals surface area (Å²) in [4.78, 5) is 0. The highest BCUT2D eigenvalue weighted by Gasteiger charge is 2.33. The zero-order valence-corrected chi connectivity index (χ0v) is 14.0. The second kappa shape index (κ2) is 6.93. The van der Waals surface area contributed by atoms with Crippen LogP contribution in [0.1, 0.15) is 11.5 Å². The first-order valence-electron chi connectivity index (χ1n) is 7.02. The maximum Gasteiger partial charge on any atom is 0.418 e. The van der Waals surface area contributed by atoms with Gasteiger partial charge in [-0.2, -0.15) is 13.2 Å². The van der Waals surface area contributed by atoms with Crippen LogP contribution in [-0.4, -0.2) is 10.2 Å². The summed E-state index contributed by atoms with van der Waals surface area (Å²) in [5.74, 6) is 0.365. The molecule has 3 rings (SSSR count). The fourth-order valence-corrected chi connectivity index (χ4v) is 2.50. The average molecular weight is 388 g/mol. The van der Waals surface area contributed by atoms with Gasteiger partial charge < -0.3 is 9.73 Å². The van der Waals surface area contributed by atoms with Gasteiger partial charge in [-0.3, -0.25) is 0 Å². The van der Waals surface area contributed by atoms with Crippen molar-refractivity contribution >= 4 is 28.9 Å².